The summed E-state index contributed by atoms with van der Waals surface area (Å²) in [5, 5.41) is 22.0. The highest BCUT2D eigenvalue weighted by molar-refractivity contribution is 5.80. The lowest BCUT2D eigenvalue weighted by molar-refractivity contribution is -0.141. The molecule has 0 aromatic heterocycles. The van der Waals surface area contributed by atoms with Gasteiger partial charge in [0.15, 0.2) is 0 Å². The van der Waals surface area contributed by atoms with E-state index in [4.69, 9.17) is 0 Å². The SMILES string of the molecule is CCC(CO)(CO)NC(=O)C1C2CC3CC(C2)CC1C3. The zero-order chi connectivity index (χ0) is 14.3. The van der Waals surface area contributed by atoms with Crippen molar-refractivity contribution in [2.45, 2.75) is 51.0 Å². The van der Waals surface area contributed by atoms with E-state index >= 15 is 0 Å². The molecule has 0 aliphatic heterocycles. The highest BCUT2D eigenvalue weighted by Gasteiger charge is 2.51. The van der Waals surface area contributed by atoms with E-state index in [9.17, 15) is 15.0 Å². The van der Waals surface area contributed by atoms with Crippen LogP contribution in [-0.2, 0) is 4.79 Å². The van der Waals surface area contributed by atoms with Gasteiger partial charge in [-0.05, 0) is 62.2 Å². The van der Waals surface area contributed by atoms with Crippen LogP contribution in [0.4, 0.5) is 0 Å². The molecule has 114 valence electrons. The van der Waals surface area contributed by atoms with Crippen LogP contribution in [0.25, 0.3) is 0 Å². The summed E-state index contributed by atoms with van der Waals surface area (Å²) in [6.45, 7) is 1.50. The molecule has 4 aliphatic carbocycles. The topological polar surface area (TPSA) is 69.6 Å². The van der Waals surface area contributed by atoms with Crippen LogP contribution in [0.1, 0.15) is 45.4 Å². The van der Waals surface area contributed by atoms with Crippen LogP contribution in [0.15, 0.2) is 0 Å². The molecule has 0 aromatic rings. The number of hydrogen-bond acceptors (Lipinski definition) is 3. The predicted molar refractivity (Wildman–Crippen MR) is 75.9 cm³/mol. The third-order valence-corrected chi connectivity index (χ3v) is 6.20. The Labute approximate surface area is 120 Å². The number of carbonyl (C=O) groups is 1. The molecule has 4 fully saturated rings. The van der Waals surface area contributed by atoms with Crippen LogP contribution in [0.5, 0.6) is 0 Å². The van der Waals surface area contributed by atoms with E-state index in [1.54, 1.807) is 0 Å². The molecule has 4 aliphatic rings. The Bertz CT molecular complexity index is 342. The Morgan fingerprint density at radius 2 is 1.55 bits per heavy atom. The summed E-state index contributed by atoms with van der Waals surface area (Å²) in [5.41, 5.74) is -0.842. The molecule has 0 saturated heterocycles. The Morgan fingerprint density at radius 1 is 1.05 bits per heavy atom. The van der Waals surface area contributed by atoms with Crippen LogP contribution < -0.4 is 5.32 Å². The Balaban J connectivity index is 1.71. The summed E-state index contributed by atoms with van der Waals surface area (Å²) in [6.07, 6.45) is 6.78. The third kappa shape index (κ3) is 2.27. The van der Waals surface area contributed by atoms with Crippen LogP contribution in [0, 0.1) is 29.6 Å². The van der Waals surface area contributed by atoms with E-state index in [0.29, 0.717) is 18.3 Å². The van der Waals surface area contributed by atoms with E-state index in [-0.39, 0.29) is 25.0 Å². The summed E-state index contributed by atoms with van der Waals surface area (Å²) in [4.78, 5) is 12.7. The number of aliphatic hydroxyl groups excluding tert-OH is 2. The fraction of sp³-hybridized carbons (Fsp3) is 0.938. The fourth-order valence-corrected chi connectivity index (χ4v) is 5.14. The van der Waals surface area contributed by atoms with E-state index in [1.165, 1.54) is 32.1 Å². The van der Waals surface area contributed by atoms with E-state index in [2.05, 4.69) is 5.32 Å². The summed E-state index contributed by atoms with van der Waals surface area (Å²) >= 11 is 0. The molecule has 0 spiro atoms. The molecule has 4 saturated carbocycles. The number of nitrogens with one attached hydrogen (secondary N) is 1. The molecule has 1 amide bonds. The second kappa shape index (κ2) is 5.30. The van der Waals surface area contributed by atoms with Crippen LogP contribution in [-0.4, -0.2) is 34.9 Å². The van der Waals surface area contributed by atoms with Crippen molar-refractivity contribution in [1.29, 1.82) is 0 Å². The molecule has 20 heavy (non-hydrogen) atoms. The maximum Gasteiger partial charge on any atom is 0.224 e. The third-order valence-electron chi connectivity index (χ3n) is 6.20. The molecule has 3 N–H and O–H groups in total. The molecule has 4 rings (SSSR count). The van der Waals surface area contributed by atoms with Gasteiger partial charge in [0.05, 0.1) is 18.8 Å². The smallest absolute Gasteiger partial charge is 0.224 e. The molecule has 0 radical (unpaired) electrons. The van der Waals surface area contributed by atoms with Gasteiger partial charge in [-0.25, -0.2) is 0 Å². The Kier molecular flexibility index (Phi) is 3.80. The first kappa shape index (κ1) is 14.3. The van der Waals surface area contributed by atoms with Crippen molar-refractivity contribution in [3.8, 4) is 0 Å². The highest BCUT2D eigenvalue weighted by Crippen LogP contribution is 2.56. The van der Waals surface area contributed by atoms with Gasteiger partial charge in [-0.15, -0.1) is 0 Å². The molecule has 4 nitrogen and oxygen atoms in total. The van der Waals surface area contributed by atoms with E-state index in [1.807, 2.05) is 6.92 Å². The second-order valence-corrected chi connectivity index (χ2v) is 7.40. The largest absolute Gasteiger partial charge is 0.394 e. The molecule has 0 heterocycles. The normalized spacial score (nSPS) is 39.0. The number of aliphatic hydroxyl groups is 2. The first-order valence-electron chi connectivity index (χ1n) is 8.14. The minimum Gasteiger partial charge on any atom is -0.394 e. The Hall–Kier alpha value is -0.610. The first-order chi connectivity index (χ1) is 9.60. The fourth-order valence-electron chi connectivity index (χ4n) is 5.14. The average molecular weight is 281 g/mol. The summed E-state index contributed by atoms with van der Waals surface area (Å²) in [7, 11) is 0. The Morgan fingerprint density at radius 3 is 1.95 bits per heavy atom. The minimum absolute atomic E-state index is 0.0729. The number of carbonyl (C=O) groups excluding carboxylic acids is 1. The zero-order valence-electron chi connectivity index (χ0n) is 12.3. The predicted octanol–water partition coefficient (Wildman–Crippen LogP) is 1.31. The quantitative estimate of drug-likeness (QED) is 0.711. The lowest BCUT2D eigenvalue weighted by Crippen LogP contribution is -2.59. The molecule has 0 atom stereocenters. The van der Waals surface area contributed by atoms with E-state index < -0.39 is 5.54 Å². The molecule has 4 heteroatoms. The van der Waals surface area contributed by atoms with Crippen molar-refractivity contribution in [3.05, 3.63) is 0 Å². The van der Waals surface area contributed by atoms with Gasteiger partial charge < -0.3 is 15.5 Å². The van der Waals surface area contributed by atoms with Gasteiger partial charge in [0.1, 0.15) is 0 Å². The van der Waals surface area contributed by atoms with Crippen molar-refractivity contribution >= 4 is 5.91 Å². The molecular weight excluding hydrogens is 254 g/mol. The van der Waals surface area contributed by atoms with Gasteiger partial charge in [-0.1, -0.05) is 6.92 Å². The molecule has 0 aromatic carbocycles. The van der Waals surface area contributed by atoms with Crippen molar-refractivity contribution in [2.24, 2.45) is 29.6 Å². The number of amides is 1. The van der Waals surface area contributed by atoms with Gasteiger partial charge in [-0.2, -0.15) is 0 Å². The van der Waals surface area contributed by atoms with E-state index in [0.717, 1.165) is 11.8 Å². The first-order valence-corrected chi connectivity index (χ1v) is 8.14. The molecule has 0 unspecified atom stereocenters. The maximum absolute atomic E-state index is 12.7. The number of hydrogen-bond donors (Lipinski definition) is 3. The minimum atomic E-state index is -0.842. The standard InChI is InChI=1S/C16H27NO3/c1-2-16(8-18,9-19)17-15(20)14-12-4-10-3-11(6-12)7-13(14)5-10/h10-14,18-19H,2-9H2,1H3,(H,17,20). The van der Waals surface area contributed by atoms with Gasteiger partial charge in [0, 0.05) is 5.92 Å². The van der Waals surface area contributed by atoms with Crippen LogP contribution >= 0.6 is 0 Å². The zero-order valence-corrected chi connectivity index (χ0v) is 12.3. The maximum atomic E-state index is 12.7. The van der Waals surface area contributed by atoms with Crippen molar-refractivity contribution in [3.63, 3.8) is 0 Å². The summed E-state index contributed by atoms with van der Waals surface area (Å²) < 4.78 is 0. The average Bonchev–Trinajstić information content (AvgIpc) is 2.44. The van der Waals surface area contributed by atoms with Crippen LogP contribution in [0.2, 0.25) is 0 Å². The van der Waals surface area contributed by atoms with Crippen molar-refractivity contribution < 1.29 is 15.0 Å². The second-order valence-electron chi connectivity index (χ2n) is 7.40. The van der Waals surface area contributed by atoms with Crippen molar-refractivity contribution in [2.75, 3.05) is 13.2 Å². The van der Waals surface area contributed by atoms with Crippen LogP contribution in [0.3, 0.4) is 0 Å². The number of rotatable bonds is 5. The van der Waals surface area contributed by atoms with Crippen molar-refractivity contribution in [1.82, 2.24) is 5.32 Å². The summed E-state index contributed by atoms with van der Waals surface area (Å²) in [5.74, 6) is 2.98. The summed E-state index contributed by atoms with van der Waals surface area (Å²) in [6, 6.07) is 0. The molecule has 4 bridgehead atoms. The highest BCUT2D eigenvalue weighted by atomic mass is 16.3. The van der Waals surface area contributed by atoms with Gasteiger partial charge in [-0.3, -0.25) is 4.79 Å². The lowest BCUT2D eigenvalue weighted by Gasteiger charge is -2.54. The molecular formula is C16H27NO3. The van der Waals surface area contributed by atoms with Gasteiger partial charge >= 0.3 is 0 Å². The lowest BCUT2D eigenvalue weighted by atomic mass is 9.51. The van der Waals surface area contributed by atoms with Gasteiger partial charge in [0.2, 0.25) is 5.91 Å². The monoisotopic (exact) mass is 281 g/mol. The van der Waals surface area contributed by atoms with Gasteiger partial charge in [0.25, 0.3) is 0 Å².